The first kappa shape index (κ1) is 27.5. The highest BCUT2D eigenvalue weighted by molar-refractivity contribution is 7.22. The number of fused-ring (bicyclic) bond motifs is 3. The zero-order valence-corrected chi connectivity index (χ0v) is 23.9. The average molecular weight is 581 g/mol. The van der Waals surface area contributed by atoms with Crippen molar-refractivity contribution in [2.75, 3.05) is 24.5 Å². The second-order valence-corrected chi connectivity index (χ2v) is 11.1. The number of thiazole rings is 1. The standard InChI is InChI=1S/C31H29N3O2S.2ClH/c1-4-10-28-23(7-1)17-25(35-28)20-33(21-26-18-24-8-2-5-11-29(24)36-26)19-22-13-15-34(16-14-22)31-32-27-9-3-6-12-30(27)37-31;;/h1-12,17-18,22H,13-16,19-21H2;2*1H. The summed E-state index contributed by atoms with van der Waals surface area (Å²) in [6.07, 6.45) is 2.32. The number of benzene rings is 3. The zero-order chi connectivity index (χ0) is 24.6. The number of hydrogen-bond donors (Lipinski definition) is 0. The first-order chi connectivity index (χ1) is 18.3. The van der Waals surface area contributed by atoms with E-state index in [1.807, 2.05) is 24.3 Å². The number of halogens is 2. The van der Waals surface area contributed by atoms with Crippen molar-refractivity contribution in [2.45, 2.75) is 25.9 Å². The molecule has 1 fully saturated rings. The number of aromatic nitrogens is 1. The molecule has 0 saturated carbocycles. The third-order valence-electron chi connectivity index (χ3n) is 7.40. The Hall–Kier alpha value is -3.03. The zero-order valence-electron chi connectivity index (χ0n) is 21.5. The number of anilines is 1. The van der Waals surface area contributed by atoms with Crippen LogP contribution < -0.4 is 4.90 Å². The van der Waals surface area contributed by atoms with E-state index in [1.165, 1.54) is 4.70 Å². The van der Waals surface area contributed by atoms with Crippen molar-refractivity contribution in [1.82, 2.24) is 9.88 Å². The highest BCUT2D eigenvalue weighted by Gasteiger charge is 2.25. The van der Waals surface area contributed by atoms with Gasteiger partial charge >= 0.3 is 0 Å². The van der Waals surface area contributed by atoms with E-state index in [1.54, 1.807) is 11.3 Å². The number of piperidine rings is 1. The molecule has 1 aliphatic heterocycles. The van der Waals surface area contributed by atoms with Crippen molar-refractivity contribution >= 4 is 73.4 Å². The summed E-state index contributed by atoms with van der Waals surface area (Å²) >= 11 is 1.81. The van der Waals surface area contributed by atoms with Gasteiger partial charge in [-0.05, 0) is 55.2 Å². The number of rotatable bonds is 7. The molecular weight excluding hydrogens is 549 g/mol. The van der Waals surface area contributed by atoms with Gasteiger partial charge < -0.3 is 13.7 Å². The minimum Gasteiger partial charge on any atom is -0.460 e. The lowest BCUT2D eigenvalue weighted by Crippen LogP contribution is -2.38. The molecule has 0 bridgehead atoms. The summed E-state index contributed by atoms with van der Waals surface area (Å²) in [6.45, 7) is 4.65. The van der Waals surface area contributed by atoms with Crippen LogP contribution >= 0.6 is 36.2 Å². The fraction of sp³-hybridized carbons (Fsp3) is 0.258. The van der Waals surface area contributed by atoms with Crippen molar-refractivity contribution in [3.8, 4) is 0 Å². The molecule has 0 aliphatic carbocycles. The van der Waals surface area contributed by atoms with E-state index in [-0.39, 0.29) is 24.8 Å². The topological polar surface area (TPSA) is 45.7 Å². The van der Waals surface area contributed by atoms with Gasteiger partial charge in [-0.2, -0.15) is 0 Å². The van der Waals surface area contributed by atoms with E-state index in [9.17, 15) is 0 Å². The van der Waals surface area contributed by atoms with Crippen LogP contribution in [0.15, 0.2) is 93.8 Å². The lowest BCUT2D eigenvalue weighted by Gasteiger charge is -2.34. The third kappa shape index (κ3) is 5.94. The minimum absolute atomic E-state index is 0. The van der Waals surface area contributed by atoms with Gasteiger partial charge in [0.2, 0.25) is 0 Å². The molecule has 0 atom stereocenters. The van der Waals surface area contributed by atoms with E-state index < -0.39 is 0 Å². The second-order valence-electron chi connectivity index (χ2n) is 10.1. The lowest BCUT2D eigenvalue weighted by molar-refractivity contribution is 0.174. The second kappa shape index (κ2) is 12.0. The number of nitrogens with zero attached hydrogens (tertiary/aromatic N) is 3. The van der Waals surface area contributed by atoms with Crippen molar-refractivity contribution in [3.05, 3.63) is 96.4 Å². The SMILES string of the molecule is Cl.Cl.c1ccc2oc(CN(Cc3cc4ccccc4o3)CC3CCN(c4nc5ccccc5s4)CC3)cc2c1. The van der Waals surface area contributed by atoms with Gasteiger partial charge in [-0.15, -0.1) is 24.8 Å². The Morgan fingerprint density at radius 1 is 0.769 bits per heavy atom. The van der Waals surface area contributed by atoms with Gasteiger partial charge in [0.05, 0.1) is 23.3 Å². The Bertz CT molecular complexity index is 1490. The summed E-state index contributed by atoms with van der Waals surface area (Å²) in [6, 6.07) is 29.3. The Balaban J connectivity index is 0.00000154. The van der Waals surface area contributed by atoms with Crippen LogP contribution in [-0.2, 0) is 13.1 Å². The quantitative estimate of drug-likeness (QED) is 0.189. The number of furan rings is 2. The molecule has 0 N–H and O–H groups in total. The Kier molecular flexibility index (Phi) is 8.48. The number of hydrogen-bond acceptors (Lipinski definition) is 6. The average Bonchev–Trinajstić information content (AvgIpc) is 3.64. The van der Waals surface area contributed by atoms with Gasteiger partial charge in [-0.1, -0.05) is 59.9 Å². The number of para-hydroxylation sites is 3. The molecule has 1 saturated heterocycles. The van der Waals surface area contributed by atoms with Crippen LogP contribution in [0, 0.1) is 5.92 Å². The fourth-order valence-electron chi connectivity index (χ4n) is 5.52. The smallest absolute Gasteiger partial charge is 0.186 e. The molecule has 6 aromatic rings. The van der Waals surface area contributed by atoms with E-state index in [0.717, 1.165) is 89.7 Å². The largest absolute Gasteiger partial charge is 0.460 e. The summed E-state index contributed by atoms with van der Waals surface area (Å²) in [5, 5.41) is 3.47. The summed E-state index contributed by atoms with van der Waals surface area (Å²) in [7, 11) is 0. The Morgan fingerprint density at radius 3 is 1.92 bits per heavy atom. The van der Waals surface area contributed by atoms with Gasteiger partial charge in [0.15, 0.2) is 5.13 Å². The molecule has 4 heterocycles. The maximum absolute atomic E-state index is 6.20. The van der Waals surface area contributed by atoms with E-state index in [2.05, 4.69) is 70.5 Å². The van der Waals surface area contributed by atoms with Crippen molar-refractivity contribution in [1.29, 1.82) is 0 Å². The van der Waals surface area contributed by atoms with Gasteiger partial charge in [0.25, 0.3) is 0 Å². The molecule has 0 unspecified atom stereocenters. The Morgan fingerprint density at radius 2 is 1.33 bits per heavy atom. The molecule has 39 heavy (non-hydrogen) atoms. The summed E-state index contributed by atoms with van der Waals surface area (Å²) in [5.41, 5.74) is 3.00. The van der Waals surface area contributed by atoms with Crippen LogP contribution in [-0.4, -0.2) is 29.5 Å². The molecule has 202 valence electrons. The molecule has 0 amide bonds. The summed E-state index contributed by atoms with van der Waals surface area (Å²) in [4.78, 5) is 9.84. The maximum Gasteiger partial charge on any atom is 0.186 e. The maximum atomic E-state index is 6.20. The predicted octanol–water partition coefficient (Wildman–Crippen LogP) is 8.55. The first-order valence-electron chi connectivity index (χ1n) is 13.0. The molecule has 5 nitrogen and oxygen atoms in total. The Labute approximate surface area is 244 Å². The van der Waals surface area contributed by atoms with E-state index >= 15 is 0 Å². The van der Waals surface area contributed by atoms with Crippen LogP contribution in [0.25, 0.3) is 32.2 Å². The molecule has 7 rings (SSSR count). The van der Waals surface area contributed by atoms with Crippen LogP contribution in [0.2, 0.25) is 0 Å². The first-order valence-corrected chi connectivity index (χ1v) is 13.9. The van der Waals surface area contributed by atoms with Crippen LogP contribution in [0.5, 0.6) is 0 Å². The van der Waals surface area contributed by atoms with Gasteiger partial charge in [-0.25, -0.2) is 4.98 Å². The molecular formula is C31H31Cl2N3O2S. The molecule has 0 spiro atoms. The lowest BCUT2D eigenvalue weighted by atomic mass is 9.96. The molecule has 0 radical (unpaired) electrons. The monoisotopic (exact) mass is 579 g/mol. The van der Waals surface area contributed by atoms with E-state index in [0.29, 0.717) is 5.92 Å². The van der Waals surface area contributed by atoms with Crippen molar-refractivity contribution < 1.29 is 8.83 Å². The van der Waals surface area contributed by atoms with Gasteiger partial charge in [-0.3, -0.25) is 4.90 Å². The van der Waals surface area contributed by atoms with Crippen molar-refractivity contribution in [2.24, 2.45) is 5.92 Å². The van der Waals surface area contributed by atoms with Gasteiger partial charge in [0.1, 0.15) is 22.7 Å². The molecule has 1 aliphatic rings. The normalized spacial score (nSPS) is 14.2. The summed E-state index contributed by atoms with van der Waals surface area (Å²) in [5.74, 6) is 2.63. The molecule has 3 aromatic heterocycles. The third-order valence-corrected chi connectivity index (χ3v) is 8.49. The van der Waals surface area contributed by atoms with Crippen molar-refractivity contribution in [3.63, 3.8) is 0 Å². The molecule has 3 aromatic carbocycles. The van der Waals surface area contributed by atoms with E-state index in [4.69, 9.17) is 13.8 Å². The minimum atomic E-state index is 0. The predicted molar refractivity (Wildman–Crippen MR) is 166 cm³/mol. The highest BCUT2D eigenvalue weighted by Crippen LogP contribution is 2.32. The van der Waals surface area contributed by atoms with Crippen LogP contribution in [0.4, 0.5) is 5.13 Å². The van der Waals surface area contributed by atoms with Crippen LogP contribution in [0.3, 0.4) is 0 Å². The molecule has 8 heteroatoms. The highest BCUT2D eigenvalue weighted by atomic mass is 35.5. The summed E-state index contributed by atoms with van der Waals surface area (Å²) < 4.78 is 13.7. The fourth-order valence-corrected chi connectivity index (χ4v) is 6.54. The van der Waals surface area contributed by atoms with Crippen LogP contribution in [0.1, 0.15) is 24.4 Å². The van der Waals surface area contributed by atoms with Gasteiger partial charge in [0, 0.05) is 30.4 Å².